The van der Waals surface area contributed by atoms with Crippen LogP contribution in [0.4, 0.5) is 18.9 Å². The summed E-state index contributed by atoms with van der Waals surface area (Å²) in [4.78, 5) is 61.7. The Labute approximate surface area is 245 Å². The van der Waals surface area contributed by atoms with Crippen LogP contribution in [0.1, 0.15) is 17.3 Å². The number of nitrogens with zero attached hydrogens (tertiary/aromatic N) is 5. The summed E-state index contributed by atoms with van der Waals surface area (Å²) in [5, 5.41) is 25.4. The van der Waals surface area contributed by atoms with Crippen molar-refractivity contribution in [3.05, 3.63) is 51.2 Å². The number of aromatic amines is 1. The van der Waals surface area contributed by atoms with Crippen LogP contribution in [0.15, 0.2) is 40.7 Å². The van der Waals surface area contributed by atoms with Crippen molar-refractivity contribution in [2.45, 2.75) is 34.3 Å². The molecule has 0 bridgehead atoms. The number of nitrogens with one attached hydrogen (secondary N) is 2. The van der Waals surface area contributed by atoms with E-state index in [2.05, 4.69) is 25.9 Å². The molecule has 1 fully saturated rings. The van der Waals surface area contributed by atoms with Gasteiger partial charge >= 0.3 is 17.4 Å². The summed E-state index contributed by atoms with van der Waals surface area (Å²) in [7, 11) is 0. The van der Waals surface area contributed by atoms with Crippen molar-refractivity contribution in [2.75, 3.05) is 18.3 Å². The first kappa shape index (κ1) is 31.1. The molecule has 0 spiro atoms. The lowest BCUT2D eigenvalue weighted by molar-refractivity contribution is -0.384. The largest absolute Gasteiger partial charge is 0.442 e. The predicted molar refractivity (Wildman–Crippen MR) is 140 cm³/mol. The van der Waals surface area contributed by atoms with E-state index in [-0.39, 0.29) is 22.7 Å². The normalized spacial score (nSPS) is 19.0. The minimum atomic E-state index is -4.63. The number of hydrogen-bond acceptors (Lipinski definition) is 14. The van der Waals surface area contributed by atoms with Crippen LogP contribution in [-0.2, 0) is 23.9 Å². The first-order valence-corrected chi connectivity index (χ1v) is 14.4. The van der Waals surface area contributed by atoms with Crippen molar-refractivity contribution in [1.29, 1.82) is 0 Å². The fourth-order valence-corrected chi connectivity index (χ4v) is 6.56. The van der Waals surface area contributed by atoms with Crippen molar-refractivity contribution in [3.63, 3.8) is 0 Å². The highest BCUT2D eigenvalue weighted by molar-refractivity contribution is 8.01. The molecule has 0 aliphatic carbocycles. The number of hydrogen-bond donors (Lipinski definition) is 2. The second-order valence-corrected chi connectivity index (χ2v) is 11.8. The van der Waals surface area contributed by atoms with Crippen LogP contribution in [-0.4, -0.2) is 94.7 Å². The quantitative estimate of drug-likeness (QED) is 0.0892. The zero-order valence-electron chi connectivity index (χ0n) is 21.0. The van der Waals surface area contributed by atoms with E-state index in [4.69, 9.17) is 9.47 Å². The van der Waals surface area contributed by atoms with E-state index in [1.165, 1.54) is 11.8 Å². The molecule has 3 atom stereocenters. The highest BCUT2D eigenvalue weighted by Gasteiger charge is 2.55. The number of amides is 2. The highest BCUT2D eigenvalue weighted by atomic mass is 32.2. The number of H-pyrrole nitrogens is 1. The average molecular weight is 650 g/mol. The van der Waals surface area contributed by atoms with Crippen molar-refractivity contribution in [2.24, 2.45) is 0 Å². The maximum Gasteiger partial charge on any atom is 0.442 e. The third-order valence-electron chi connectivity index (χ3n) is 5.67. The van der Waals surface area contributed by atoms with E-state index < -0.39 is 75.2 Å². The van der Waals surface area contributed by atoms with Crippen LogP contribution in [0.25, 0.3) is 0 Å². The van der Waals surface area contributed by atoms with E-state index in [1.54, 1.807) is 6.92 Å². The number of carbonyl (C=O) groups excluding carboxylic acids is 4. The maximum absolute atomic E-state index is 13.2. The fourth-order valence-electron chi connectivity index (χ4n) is 3.75. The van der Waals surface area contributed by atoms with Crippen molar-refractivity contribution in [3.8, 4) is 0 Å². The molecule has 2 aliphatic heterocycles. The molecule has 42 heavy (non-hydrogen) atoms. The molecule has 1 saturated heterocycles. The molecular formula is C21H18F3N7O8S3. The van der Waals surface area contributed by atoms with Crippen molar-refractivity contribution in [1.82, 2.24) is 30.8 Å². The average Bonchev–Trinajstić information content (AvgIpc) is 3.46. The number of tetrazole rings is 1. The van der Waals surface area contributed by atoms with Crippen LogP contribution < -0.4 is 5.32 Å². The highest BCUT2D eigenvalue weighted by Crippen LogP contribution is 2.44. The number of non-ortho nitro benzene ring substituents is 1. The number of ether oxygens (including phenoxy) is 2. The molecule has 2 amide bonds. The summed E-state index contributed by atoms with van der Waals surface area (Å²) in [6, 6.07) is 3.32. The molecule has 1 aromatic heterocycles. The number of β-lactam (4-membered cyclic amide) rings is 1. The Morgan fingerprint density at radius 2 is 1.95 bits per heavy atom. The minimum Gasteiger partial charge on any atom is -0.424 e. The maximum atomic E-state index is 13.2. The van der Waals surface area contributed by atoms with Crippen molar-refractivity contribution >= 4 is 64.7 Å². The molecule has 21 heteroatoms. The number of fused-ring (bicyclic) bond motifs is 1. The van der Waals surface area contributed by atoms with Gasteiger partial charge in [-0.25, -0.2) is 14.7 Å². The van der Waals surface area contributed by atoms with E-state index in [0.29, 0.717) is 10.7 Å². The topological polar surface area (TPSA) is 200 Å². The van der Waals surface area contributed by atoms with Gasteiger partial charge in [-0.3, -0.25) is 24.6 Å². The first-order valence-electron chi connectivity index (χ1n) is 11.5. The molecule has 2 N–H and O–H groups in total. The van der Waals surface area contributed by atoms with E-state index in [0.717, 1.165) is 40.9 Å². The Balaban J connectivity index is 1.46. The molecular weight excluding hydrogens is 631 g/mol. The lowest BCUT2D eigenvalue weighted by Crippen LogP contribution is -2.71. The fraction of sp³-hybridized carbons (Fsp3) is 0.381. The number of nitro groups is 1. The second-order valence-electron chi connectivity index (χ2n) is 8.32. The first-order chi connectivity index (χ1) is 19.9. The molecule has 3 heterocycles. The number of thioether (sulfide) groups is 3. The molecule has 2 aromatic rings. The van der Waals surface area contributed by atoms with Gasteiger partial charge in [0, 0.05) is 23.1 Å². The van der Waals surface area contributed by atoms with Crippen LogP contribution >= 0.6 is 35.3 Å². The van der Waals surface area contributed by atoms with Gasteiger partial charge in [-0.1, -0.05) is 11.8 Å². The summed E-state index contributed by atoms with van der Waals surface area (Å²) in [6.07, 6.45) is 0. The summed E-state index contributed by atoms with van der Waals surface area (Å²) >= 11 is 1.76. The van der Waals surface area contributed by atoms with Gasteiger partial charge in [0.2, 0.25) is 17.9 Å². The molecule has 2 aliphatic rings. The Hall–Kier alpha value is -3.85. The van der Waals surface area contributed by atoms with Gasteiger partial charge in [-0.05, 0) is 46.8 Å². The summed E-state index contributed by atoms with van der Waals surface area (Å²) < 4.78 is 47.4. The van der Waals surface area contributed by atoms with Crippen LogP contribution in [0.3, 0.4) is 0 Å². The lowest BCUT2D eigenvalue weighted by Gasteiger charge is -2.50. The molecule has 1 aromatic carbocycles. The predicted octanol–water partition coefficient (Wildman–Crippen LogP) is 1.85. The van der Waals surface area contributed by atoms with Crippen LogP contribution in [0, 0.1) is 10.1 Å². The number of halogens is 3. The third-order valence-corrected chi connectivity index (χ3v) is 8.74. The Morgan fingerprint density at radius 1 is 1.26 bits per heavy atom. The SMILES string of the molecule is CC(Sc1nnn[nH]1)C1=C(C(=O)OCOC(=O)c2ccc([N+](=O)[O-])cc2)N2C(=O)C(NC(=O)CSC(F)(F)F)[C@@H]2SC1. The Morgan fingerprint density at radius 3 is 2.57 bits per heavy atom. The van der Waals surface area contributed by atoms with Gasteiger partial charge < -0.3 is 14.8 Å². The number of nitro benzene ring substituents is 1. The van der Waals surface area contributed by atoms with Crippen molar-refractivity contribution < 1.29 is 46.7 Å². The van der Waals surface area contributed by atoms with E-state index in [9.17, 15) is 42.5 Å². The number of alkyl halides is 3. The second kappa shape index (κ2) is 13.0. The summed E-state index contributed by atoms with van der Waals surface area (Å²) in [5.74, 6) is -4.51. The molecule has 4 rings (SSSR count). The molecule has 0 saturated carbocycles. The van der Waals surface area contributed by atoms with Gasteiger partial charge in [0.15, 0.2) is 0 Å². The number of esters is 2. The Kier molecular flexibility index (Phi) is 9.61. The monoisotopic (exact) mass is 649 g/mol. The molecule has 15 nitrogen and oxygen atoms in total. The lowest BCUT2D eigenvalue weighted by atomic mass is 10.0. The minimum absolute atomic E-state index is 0.0448. The molecule has 224 valence electrons. The molecule has 0 radical (unpaired) electrons. The van der Waals surface area contributed by atoms with Crippen LogP contribution in [0.2, 0.25) is 0 Å². The number of aromatic nitrogens is 4. The third kappa shape index (κ3) is 7.31. The standard InChI is InChI=1S/C21H18F3N7O8S3/c1-9(42-20-26-28-29-27-20)12-6-40-17-14(25-13(32)7-41-21(22,23)24)16(33)30(17)15(12)19(35)39-8-38-18(34)10-2-4-11(5-3-10)31(36)37/h2-5,9,14,17H,6-8H2,1H3,(H,25,32)(H,26,27,28,29)/t9?,14?,17-/m0/s1. The van der Waals surface area contributed by atoms with Gasteiger partial charge in [0.25, 0.3) is 11.6 Å². The summed E-state index contributed by atoms with van der Waals surface area (Å²) in [5.41, 5.74) is -4.68. The van der Waals surface area contributed by atoms with Gasteiger partial charge in [0.05, 0.1) is 16.2 Å². The Bertz CT molecular complexity index is 1410. The number of rotatable bonds is 11. The smallest absolute Gasteiger partial charge is 0.424 e. The number of benzene rings is 1. The van der Waals surface area contributed by atoms with E-state index >= 15 is 0 Å². The van der Waals surface area contributed by atoms with Gasteiger partial charge in [-0.15, -0.1) is 16.9 Å². The number of carbonyl (C=O) groups is 4. The van der Waals surface area contributed by atoms with Crippen LogP contribution in [0.5, 0.6) is 0 Å². The summed E-state index contributed by atoms with van der Waals surface area (Å²) in [6.45, 7) is 0.844. The van der Waals surface area contributed by atoms with Gasteiger partial charge in [-0.2, -0.15) is 13.2 Å². The zero-order valence-corrected chi connectivity index (χ0v) is 23.5. The molecule has 2 unspecified atom stereocenters. The van der Waals surface area contributed by atoms with E-state index in [1.807, 2.05) is 0 Å². The van der Waals surface area contributed by atoms with Gasteiger partial charge in [0.1, 0.15) is 17.1 Å². The zero-order chi connectivity index (χ0) is 30.6.